The molecule has 0 saturated carbocycles. The van der Waals surface area contributed by atoms with Crippen molar-refractivity contribution in [3.8, 4) is 0 Å². The van der Waals surface area contributed by atoms with Crippen molar-refractivity contribution in [1.82, 2.24) is 0 Å². The lowest BCUT2D eigenvalue weighted by Crippen LogP contribution is -2.59. The standard InChI is InChI=1S/C16H25NO/c1-12(2)13-5-7-14(8-6-13)16(10-18-11-16)15(3,4)9-17/h5-8,12H,9-11,17H2,1-4H3. The van der Waals surface area contributed by atoms with Crippen molar-refractivity contribution >= 4 is 0 Å². The van der Waals surface area contributed by atoms with E-state index in [0.717, 1.165) is 13.2 Å². The van der Waals surface area contributed by atoms with Crippen LogP contribution in [0, 0.1) is 5.41 Å². The quantitative estimate of drug-likeness (QED) is 0.887. The second kappa shape index (κ2) is 4.67. The molecule has 2 rings (SSSR count). The van der Waals surface area contributed by atoms with Crippen LogP contribution in [-0.4, -0.2) is 19.8 Å². The fourth-order valence-electron chi connectivity index (χ4n) is 2.64. The Bertz CT molecular complexity index is 402. The first kappa shape index (κ1) is 13.6. The van der Waals surface area contributed by atoms with E-state index in [1.807, 2.05) is 0 Å². The molecule has 18 heavy (non-hydrogen) atoms. The molecular formula is C16H25NO. The number of ether oxygens (including phenoxy) is 1. The van der Waals surface area contributed by atoms with Crippen LogP contribution in [0.2, 0.25) is 0 Å². The van der Waals surface area contributed by atoms with E-state index in [-0.39, 0.29) is 10.8 Å². The van der Waals surface area contributed by atoms with Crippen LogP contribution < -0.4 is 5.73 Å². The molecule has 1 aromatic rings. The second-order valence-corrected chi connectivity index (χ2v) is 6.44. The van der Waals surface area contributed by atoms with E-state index in [4.69, 9.17) is 10.5 Å². The summed E-state index contributed by atoms with van der Waals surface area (Å²) < 4.78 is 5.50. The van der Waals surface area contributed by atoms with E-state index in [9.17, 15) is 0 Å². The number of benzene rings is 1. The van der Waals surface area contributed by atoms with Crippen LogP contribution in [0.1, 0.15) is 44.7 Å². The molecule has 0 aromatic heterocycles. The van der Waals surface area contributed by atoms with Crippen LogP contribution in [-0.2, 0) is 10.2 Å². The number of rotatable bonds is 4. The molecule has 0 radical (unpaired) electrons. The van der Waals surface area contributed by atoms with Gasteiger partial charge in [0.25, 0.3) is 0 Å². The molecule has 0 atom stereocenters. The molecule has 0 bridgehead atoms. The Labute approximate surface area is 111 Å². The normalized spacial score (nSPS) is 18.8. The topological polar surface area (TPSA) is 35.2 Å². The highest BCUT2D eigenvalue weighted by atomic mass is 16.5. The van der Waals surface area contributed by atoms with Crippen LogP contribution in [0.5, 0.6) is 0 Å². The minimum atomic E-state index is 0.0740. The van der Waals surface area contributed by atoms with Crippen molar-refractivity contribution in [1.29, 1.82) is 0 Å². The molecule has 1 aliphatic rings. The molecule has 1 saturated heterocycles. The Morgan fingerprint density at radius 3 is 2.11 bits per heavy atom. The number of nitrogens with two attached hydrogens (primary N) is 1. The summed E-state index contributed by atoms with van der Waals surface area (Å²) in [6.07, 6.45) is 0. The van der Waals surface area contributed by atoms with Gasteiger partial charge in [0.05, 0.1) is 13.2 Å². The zero-order valence-corrected chi connectivity index (χ0v) is 12.0. The van der Waals surface area contributed by atoms with Gasteiger partial charge in [-0.2, -0.15) is 0 Å². The summed E-state index contributed by atoms with van der Waals surface area (Å²) in [6, 6.07) is 9.00. The Morgan fingerprint density at radius 2 is 1.78 bits per heavy atom. The molecule has 1 aromatic carbocycles. The van der Waals surface area contributed by atoms with Gasteiger partial charge in [-0.25, -0.2) is 0 Å². The highest BCUT2D eigenvalue weighted by molar-refractivity contribution is 5.34. The molecule has 2 heteroatoms. The average molecular weight is 247 g/mol. The zero-order chi connectivity index (χ0) is 13.4. The van der Waals surface area contributed by atoms with Gasteiger partial charge in [-0.1, -0.05) is 52.0 Å². The van der Waals surface area contributed by atoms with Crippen LogP contribution in [0.15, 0.2) is 24.3 Å². The van der Waals surface area contributed by atoms with Gasteiger partial charge < -0.3 is 10.5 Å². The van der Waals surface area contributed by atoms with E-state index < -0.39 is 0 Å². The third kappa shape index (κ3) is 1.98. The first-order valence-electron chi connectivity index (χ1n) is 6.81. The molecule has 100 valence electrons. The molecule has 1 fully saturated rings. The van der Waals surface area contributed by atoms with E-state index in [1.54, 1.807) is 0 Å². The summed E-state index contributed by atoms with van der Waals surface area (Å²) >= 11 is 0. The van der Waals surface area contributed by atoms with Crippen molar-refractivity contribution in [3.63, 3.8) is 0 Å². The number of hydrogen-bond donors (Lipinski definition) is 1. The molecule has 1 aliphatic heterocycles. The summed E-state index contributed by atoms with van der Waals surface area (Å²) in [5.41, 5.74) is 8.89. The summed E-state index contributed by atoms with van der Waals surface area (Å²) in [5, 5.41) is 0. The van der Waals surface area contributed by atoms with E-state index >= 15 is 0 Å². The van der Waals surface area contributed by atoms with E-state index in [1.165, 1.54) is 11.1 Å². The minimum absolute atomic E-state index is 0.0740. The van der Waals surface area contributed by atoms with E-state index in [2.05, 4.69) is 52.0 Å². The Morgan fingerprint density at radius 1 is 1.22 bits per heavy atom. The molecular weight excluding hydrogens is 222 g/mol. The fraction of sp³-hybridized carbons (Fsp3) is 0.625. The van der Waals surface area contributed by atoms with Gasteiger partial charge in [0, 0.05) is 5.41 Å². The minimum Gasteiger partial charge on any atom is -0.379 e. The molecule has 2 N–H and O–H groups in total. The first-order chi connectivity index (χ1) is 8.43. The van der Waals surface area contributed by atoms with E-state index in [0.29, 0.717) is 12.5 Å². The molecule has 0 amide bonds. The van der Waals surface area contributed by atoms with Gasteiger partial charge >= 0.3 is 0 Å². The lowest BCUT2D eigenvalue weighted by molar-refractivity contribution is -0.116. The third-order valence-electron chi connectivity index (χ3n) is 4.63. The lowest BCUT2D eigenvalue weighted by Gasteiger charge is -2.52. The summed E-state index contributed by atoms with van der Waals surface area (Å²) in [7, 11) is 0. The van der Waals surface area contributed by atoms with Crippen LogP contribution in [0.4, 0.5) is 0 Å². The lowest BCUT2D eigenvalue weighted by atomic mass is 9.60. The van der Waals surface area contributed by atoms with Crippen LogP contribution >= 0.6 is 0 Å². The maximum absolute atomic E-state index is 5.96. The maximum Gasteiger partial charge on any atom is 0.0591 e. The molecule has 0 unspecified atom stereocenters. The van der Waals surface area contributed by atoms with Crippen molar-refractivity contribution in [2.45, 2.75) is 39.0 Å². The highest BCUT2D eigenvalue weighted by Crippen LogP contribution is 2.46. The van der Waals surface area contributed by atoms with Crippen molar-refractivity contribution in [3.05, 3.63) is 35.4 Å². The van der Waals surface area contributed by atoms with Crippen molar-refractivity contribution in [2.24, 2.45) is 11.1 Å². The molecule has 0 aliphatic carbocycles. The van der Waals surface area contributed by atoms with Gasteiger partial charge in [-0.15, -0.1) is 0 Å². The van der Waals surface area contributed by atoms with Crippen molar-refractivity contribution in [2.75, 3.05) is 19.8 Å². The Hall–Kier alpha value is -0.860. The van der Waals surface area contributed by atoms with Gasteiger partial charge in [0.2, 0.25) is 0 Å². The first-order valence-corrected chi connectivity index (χ1v) is 6.81. The summed E-state index contributed by atoms with van der Waals surface area (Å²) in [4.78, 5) is 0. The predicted molar refractivity (Wildman–Crippen MR) is 75.9 cm³/mol. The molecule has 2 nitrogen and oxygen atoms in total. The summed E-state index contributed by atoms with van der Waals surface area (Å²) in [5.74, 6) is 0.579. The Kier molecular flexibility index (Phi) is 3.52. The second-order valence-electron chi connectivity index (χ2n) is 6.44. The highest BCUT2D eigenvalue weighted by Gasteiger charge is 2.51. The van der Waals surface area contributed by atoms with Crippen LogP contribution in [0.3, 0.4) is 0 Å². The van der Waals surface area contributed by atoms with Gasteiger partial charge in [0.15, 0.2) is 0 Å². The SMILES string of the molecule is CC(C)c1ccc(C2(C(C)(C)CN)COC2)cc1. The monoisotopic (exact) mass is 247 g/mol. The average Bonchev–Trinajstić information content (AvgIpc) is 2.28. The maximum atomic E-state index is 5.96. The van der Waals surface area contributed by atoms with Crippen LogP contribution in [0.25, 0.3) is 0 Å². The van der Waals surface area contributed by atoms with Crippen molar-refractivity contribution < 1.29 is 4.74 Å². The summed E-state index contributed by atoms with van der Waals surface area (Å²) in [6.45, 7) is 11.2. The Balaban J connectivity index is 2.34. The zero-order valence-electron chi connectivity index (χ0n) is 12.0. The van der Waals surface area contributed by atoms with Gasteiger partial charge in [0.1, 0.15) is 0 Å². The fourth-order valence-corrected chi connectivity index (χ4v) is 2.64. The smallest absolute Gasteiger partial charge is 0.0591 e. The van der Waals surface area contributed by atoms with Gasteiger partial charge in [-0.05, 0) is 29.0 Å². The predicted octanol–water partition coefficient (Wildman–Crippen LogP) is 3.06. The van der Waals surface area contributed by atoms with Gasteiger partial charge in [-0.3, -0.25) is 0 Å². The molecule has 0 spiro atoms. The third-order valence-corrected chi connectivity index (χ3v) is 4.63. The molecule has 1 heterocycles. The largest absolute Gasteiger partial charge is 0.379 e. The number of hydrogen-bond acceptors (Lipinski definition) is 2.